The Morgan fingerprint density at radius 3 is 2.35 bits per heavy atom. The molecule has 2 aromatic rings. The Kier molecular flexibility index (Phi) is 6.20. The predicted octanol–water partition coefficient (Wildman–Crippen LogP) is 2.83. The molecule has 1 fully saturated rings. The summed E-state index contributed by atoms with van der Waals surface area (Å²) >= 11 is 0. The monoisotopic (exact) mass is 444 g/mol. The molecule has 0 atom stereocenters. The minimum absolute atomic E-state index is 0.0666. The fourth-order valence-electron chi connectivity index (χ4n) is 4.03. The molecule has 7 nitrogen and oxygen atoms in total. The average molecular weight is 445 g/mol. The Morgan fingerprint density at radius 2 is 1.68 bits per heavy atom. The van der Waals surface area contributed by atoms with Crippen molar-refractivity contribution in [3.63, 3.8) is 0 Å². The Morgan fingerprint density at radius 1 is 1.03 bits per heavy atom. The van der Waals surface area contributed by atoms with Crippen LogP contribution in [0.1, 0.15) is 24.0 Å². The number of benzene rings is 2. The van der Waals surface area contributed by atoms with Crippen LogP contribution in [0.2, 0.25) is 0 Å². The molecule has 0 bridgehead atoms. The van der Waals surface area contributed by atoms with Crippen LogP contribution in [0, 0.1) is 12.8 Å². The maximum atomic E-state index is 13.1. The van der Waals surface area contributed by atoms with Crippen molar-refractivity contribution in [2.24, 2.45) is 5.92 Å². The van der Waals surface area contributed by atoms with E-state index in [1.807, 2.05) is 31.2 Å². The van der Waals surface area contributed by atoms with Gasteiger partial charge in [-0.05, 0) is 37.5 Å². The van der Waals surface area contributed by atoms with Gasteiger partial charge in [0.05, 0.1) is 4.90 Å². The molecule has 0 radical (unpaired) electrons. The van der Waals surface area contributed by atoms with Crippen LogP contribution >= 0.6 is 0 Å². The fourth-order valence-corrected chi connectivity index (χ4v) is 5.52. The molecule has 1 amide bonds. The standard InChI is InChI=1S/C23H28N2O5S/c1-17-3-5-18(6-4-17)16-24(2)23(26)19-9-11-25(12-10-19)31(27,28)20-7-8-21-22(15-20)30-14-13-29-21/h3-8,15,19H,9-14,16H2,1-2H3. The number of amides is 1. The van der Waals surface area contributed by atoms with Crippen molar-refractivity contribution in [2.45, 2.75) is 31.2 Å². The summed E-state index contributed by atoms with van der Waals surface area (Å²) in [5, 5.41) is 0. The van der Waals surface area contributed by atoms with Gasteiger partial charge in [-0.15, -0.1) is 0 Å². The molecule has 4 rings (SSSR count). The van der Waals surface area contributed by atoms with E-state index in [9.17, 15) is 13.2 Å². The van der Waals surface area contributed by atoms with Crippen molar-refractivity contribution >= 4 is 15.9 Å². The fraction of sp³-hybridized carbons (Fsp3) is 0.435. The highest BCUT2D eigenvalue weighted by molar-refractivity contribution is 7.89. The average Bonchev–Trinajstić information content (AvgIpc) is 2.79. The third-order valence-electron chi connectivity index (χ3n) is 5.87. The van der Waals surface area contributed by atoms with Gasteiger partial charge >= 0.3 is 0 Å². The maximum absolute atomic E-state index is 13.1. The van der Waals surface area contributed by atoms with E-state index in [0.717, 1.165) is 5.56 Å². The zero-order valence-corrected chi connectivity index (χ0v) is 18.7. The third-order valence-corrected chi connectivity index (χ3v) is 7.77. The van der Waals surface area contributed by atoms with E-state index in [1.165, 1.54) is 15.9 Å². The summed E-state index contributed by atoms with van der Waals surface area (Å²) in [6.07, 6.45) is 1.03. The van der Waals surface area contributed by atoms with E-state index in [0.29, 0.717) is 57.2 Å². The van der Waals surface area contributed by atoms with Crippen LogP contribution in [0.25, 0.3) is 0 Å². The van der Waals surface area contributed by atoms with Gasteiger partial charge in [-0.25, -0.2) is 8.42 Å². The van der Waals surface area contributed by atoms with Crippen molar-refractivity contribution in [1.82, 2.24) is 9.21 Å². The van der Waals surface area contributed by atoms with Crippen molar-refractivity contribution in [3.05, 3.63) is 53.6 Å². The molecule has 0 aromatic heterocycles. The van der Waals surface area contributed by atoms with Gasteiger partial charge < -0.3 is 14.4 Å². The second-order valence-corrected chi connectivity index (χ2v) is 10.1. The summed E-state index contributed by atoms with van der Waals surface area (Å²) in [5.41, 5.74) is 2.27. The second kappa shape index (κ2) is 8.88. The number of fused-ring (bicyclic) bond motifs is 1. The van der Waals surface area contributed by atoms with Gasteiger partial charge in [0, 0.05) is 38.7 Å². The van der Waals surface area contributed by atoms with Crippen LogP contribution in [0.3, 0.4) is 0 Å². The lowest BCUT2D eigenvalue weighted by Gasteiger charge is -2.32. The first-order valence-corrected chi connectivity index (χ1v) is 12.0. The smallest absolute Gasteiger partial charge is 0.243 e. The molecule has 31 heavy (non-hydrogen) atoms. The Bertz CT molecular complexity index is 1040. The largest absolute Gasteiger partial charge is 0.486 e. The lowest BCUT2D eigenvalue weighted by atomic mass is 9.96. The summed E-state index contributed by atoms with van der Waals surface area (Å²) in [4.78, 5) is 14.8. The molecular formula is C23H28N2O5S. The van der Waals surface area contributed by atoms with Crippen molar-refractivity contribution in [3.8, 4) is 11.5 Å². The molecule has 2 aliphatic heterocycles. The molecule has 0 aliphatic carbocycles. The minimum atomic E-state index is -3.64. The van der Waals surface area contributed by atoms with Gasteiger partial charge in [0.2, 0.25) is 15.9 Å². The van der Waals surface area contributed by atoms with Crippen molar-refractivity contribution in [2.75, 3.05) is 33.4 Å². The lowest BCUT2D eigenvalue weighted by Crippen LogP contribution is -2.43. The number of hydrogen-bond acceptors (Lipinski definition) is 5. The molecule has 1 saturated heterocycles. The number of rotatable bonds is 5. The zero-order chi connectivity index (χ0) is 22.0. The number of carbonyl (C=O) groups is 1. The number of hydrogen-bond donors (Lipinski definition) is 0. The van der Waals surface area contributed by atoms with Gasteiger partial charge in [0.1, 0.15) is 13.2 Å². The van der Waals surface area contributed by atoms with Crippen LogP contribution in [0.4, 0.5) is 0 Å². The molecule has 0 unspecified atom stereocenters. The van der Waals surface area contributed by atoms with Gasteiger partial charge in [-0.1, -0.05) is 29.8 Å². The van der Waals surface area contributed by atoms with Crippen LogP contribution in [-0.2, 0) is 21.4 Å². The zero-order valence-electron chi connectivity index (χ0n) is 17.9. The van der Waals surface area contributed by atoms with Gasteiger partial charge in [-0.2, -0.15) is 4.31 Å². The molecule has 166 valence electrons. The Hall–Kier alpha value is -2.58. The highest BCUT2D eigenvalue weighted by atomic mass is 32.2. The van der Waals surface area contributed by atoms with Gasteiger partial charge in [0.15, 0.2) is 11.5 Å². The molecule has 2 heterocycles. The Balaban J connectivity index is 1.37. The SMILES string of the molecule is Cc1ccc(CN(C)C(=O)C2CCN(S(=O)(=O)c3ccc4c(c3)OCCO4)CC2)cc1. The predicted molar refractivity (Wildman–Crippen MR) is 117 cm³/mol. The molecule has 2 aliphatic rings. The van der Waals surface area contributed by atoms with E-state index in [2.05, 4.69) is 0 Å². The van der Waals surface area contributed by atoms with E-state index < -0.39 is 10.0 Å². The second-order valence-electron chi connectivity index (χ2n) is 8.16. The van der Waals surface area contributed by atoms with Crippen LogP contribution < -0.4 is 9.47 Å². The van der Waals surface area contributed by atoms with Crippen molar-refractivity contribution < 1.29 is 22.7 Å². The minimum Gasteiger partial charge on any atom is -0.486 e. The Labute approximate surface area is 183 Å². The third kappa shape index (κ3) is 4.70. The van der Waals surface area contributed by atoms with Crippen molar-refractivity contribution in [1.29, 1.82) is 0 Å². The summed E-state index contributed by atoms with van der Waals surface area (Å²) in [7, 11) is -1.84. The molecule has 8 heteroatoms. The molecular weight excluding hydrogens is 416 g/mol. The topological polar surface area (TPSA) is 76.2 Å². The number of nitrogens with zero attached hydrogens (tertiary/aromatic N) is 2. The van der Waals surface area contributed by atoms with E-state index in [1.54, 1.807) is 24.1 Å². The van der Waals surface area contributed by atoms with E-state index in [4.69, 9.17) is 9.47 Å². The van der Waals surface area contributed by atoms with Crippen LogP contribution in [0.15, 0.2) is 47.4 Å². The molecule has 0 saturated carbocycles. The van der Waals surface area contributed by atoms with Gasteiger partial charge in [-0.3, -0.25) is 4.79 Å². The first-order chi connectivity index (χ1) is 14.8. The number of piperidine rings is 1. The molecule has 0 N–H and O–H groups in total. The van der Waals surface area contributed by atoms with E-state index in [-0.39, 0.29) is 16.7 Å². The number of ether oxygens (including phenoxy) is 2. The van der Waals surface area contributed by atoms with Crippen LogP contribution in [-0.4, -0.2) is 56.9 Å². The summed E-state index contributed by atoms with van der Waals surface area (Å²) < 4.78 is 38.6. The maximum Gasteiger partial charge on any atom is 0.243 e. The first kappa shape index (κ1) is 21.6. The van der Waals surface area contributed by atoms with Crippen LogP contribution in [0.5, 0.6) is 11.5 Å². The normalized spacial score (nSPS) is 17.4. The van der Waals surface area contributed by atoms with Gasteiger partial charge in [0.25, 0.3) is 0 Å². The summed E-state index contributed by atoms with van der Waals surface area (Å²) in [6, 6.07) is 12.8. The summed E-state index contributed by atoms with van der Waals surface area (Å²) in [5.74, 6) is 0.917. The van der Waals surface area contributed by atoms with E-state index >= 15 is 0 Å². The lowest BCUT2D eigenvalue weighted by molar-refractivity contribution is -0.135. The first-order valence-electron chi connectivity index (χ1n) is 10.5. The molecule has 2 aromatic carbocycles. The number of sulfonamides is 1. The summed E-state index contributed by atoms with van der Waals surface area (Å²) in [6.45, 7) is 4.09. The molecule has 0 spiro atoms. The highest BCUT2D eigenvalue weighted by Gasteiger charge is 2.33. The number of aryl methyl sites for hydroxylation is 1. The highest BCUT2D eigenvalue weighted by Crippen LogP contribution is 2.34. The number of carbonyl (C=O) groups excluding carboxylic acids is 1. The quantitative estimate of drug-likeness (QED) is 0.709.